The second kappa shape index (κ2) is 6.72. The molecule has 3 rings (SSSR count). The lowest BCUT2D eigenvalue weighted by molar-refractivity contribution is -0.127. The molecule has 0 radical (unpaired) electrons. The van der Waals surface area contributed by atoms with Gasteiger partial charge in [0.1, 0.15) is 12.4 Å². The summed E-state index contributed by atoms with van der Waals surface area (Å²) in [5.74, 6) is 0.388. The molecule has 0 spiro atoms. The standard InChI is InChI=1S/C19H20N2O3S/c1-4-8-21-15-6-5-14(20-17(22)13-7-9-25-11-13)10-16(15)24-12-19(2,3)18(21)23/h4-7,9-11H,1,8,12H2,2-3H3,(H,20,22). The lowest BCUT2D eigenvalue weighted by Crippen LogP contribution is -2.42. The summed E-state index contributed by atoms with van der Waals surface area (Å²) in [6.45, 7) is 8.12. The molecular formula is C19H20N2O3S. The summed E-state index contributed by atoms with van der Waals surface area (Å²) in [5, 5.41) is 6.51. The van der Waals surface area contributed by atoms with Gasteiger partial charge in [-0.05, 0) is 37.4 Å². The SMILES string of the molecule is C=CCN1C(=O)C(C)(C)COc2cc(NC(=O)c3ccsc3)ccc21. The van der Waals surface area contributed by atoms with Gasteiger partial charge in [0.05, 0.1) is 16.7 Å². The Balaban J connectivity index is 1.91. The maximum Gasteiger partial charge on any atom is 0.256 e. The van der Waals surface area contributed by atoms with E-state index in [1.54, 1.807) is 40.6 Å². The lowest BCUT2D eigenvalue weighted by Gasteiger charge is -2.27. The summed E-state index contributed by atoms with van der Waals surface area (Å²) >= 11 is 1.47. The summed E-state index contributed by atoms with van der Waals surface area (Å²) in [7, 11) is 0. The third-order valence-electron chi connectivity index (χ3n) is 4.02. The van der Waals surface area contributed by atoms with Crippen molar-refractivity contribution in [2.75, 3.05) is 23.4 Å². The zero-order chi connectivity index (χ0) is 18.0. The van der Waals surface area contributed by atoms with Crippen molar-refractivity contribution in [1.82, 2.24) is 0 Å². The van der Waals surface area contributed by atoms with Crippen LogP contribution in [0.2, 0.25) is 0 Å². The Hall–Kier alpha value is -2.60. The average Bonchev–Trinajstić information content (AvgIpc) is 3.10. The largest absolute Gasteiger partial charge is 0.490 e. The third kappa shape index (κ3) is 3.44. The predicted octanol–water partition coefficient (Wildman–Crippen LogP) is 3.94. The van der Waals surface area contributed by atoms with E-state index < -0.39 is 5.41 Å². The van der Waals surface area contributed by atoms with E-state index in [2.05, 4.69) is 11.9 Å². The van der Waals surface area contributed by atoms with Gasteiger partial charge in [-0.15, -0.1) is 6.58 Å². The van der Waals surface area contributed by atoms with Gasteiger partial charge in [0.15, 0.2) is 0 Å². The van der Waals surface area contributed by atoms with Gasteiger partial charge in [0.25, 0.3) is 5.91 Å². The Kier molecular flexibility index (Phi) is 4.63. The molecule has 1 aromatic carbocycles. The minimum atomic E-state index is -0.637. The van der Waals surface area contributed by atoms with Crippen molar-refractivity contribution < 1.29 is 14.3 Å². The first-order valence-corrected chi connectivity index (χ1v) is 8.90. The average molecular weight is 356 g/mol. The van der Waals surface area contributed by atoms with E-state index in [1.807, 2.05) is 19.2 Å². The van der Waals surface area contributed by atoms with Gasteiger partial charge in [-0.2, -0.15) is 11.3 Å². The Bertz CT molecular complexity index is 812. The number of nitrogens with zero attached hydrogens (tertiary/aromatic N) is 1. The van der Waals surface area contributed by atoms with Gasteiger partial charge in [-0.3, -0.25) is 9.59 Å². The highest BCUT2D eigenvalue weighted by Crippen LogP contribution is 2.38. The Morgan fingerprint density at radius 3 is 2.92 bits per heavy atom. The maximum atomic E-state index is 12.8. The van der Waals surface area contributed by atoms with Crippen molar-refractivity contribution in [2.45, 2.75) is 13.8 Å². The summed E-state index contributed by atoms with van der Waals surface area (Å²) in [6, 6.07) is 7.09. The van der Waals surface area contributed by atoms with Gasteiger partial charge in [-0.1, -0.05) is 6.08 Å². The summed E-state index contributed by atoms with van der Waals surface area (Å²) in [4.78, 5) is 26.6. The molecule has 0 saturated heterocycles. The molecule has 6 heteroatoms. The number of carbonyl (C=O) groups excluding carboxylic acids is 2. The van der Waals surface area contributed by atoms with Crippen molar-refractivity contribution >= 4 is 34.5 Å². The molecule has 0 fully saturated rings. The number of amides is 2. The van der Waals surface area contributed by atoms with Gasteiger partial charge in [-0.25, -0.2) is 0 Å². The Morgan fingerprint density at radius 1 is 1.44 bits per heavy atom. The van der Waals surface area contributed by atoms with Gasteiger partial charge >= 0.3 is 0 Å². The molecule has 0 saturated carbocycles. The van der Waals surface area contributed by atoms with Crippen LogP contribution in [0.1, 0.15) is 24.2 Å². The van der Waals surface area contributed by atoms with Crippen LogP contribution in [0.25, 0.3) is 0 Å². The zero-order valence-electron chi connectivity index (χ0n) is 14.2. The zero-order valence-corrected chi connectivity index (χ0v) is 15.1. The van der Waals surface area contributed by atoms with Gasteiger partial charge in [0, 0.05) is 23.7 Å². The fourth-order valence-electron chi connectivity index (χ4n) is 2.63. The highest BCUT2D eigenvalue weighted by molar-refractivity contribution is 7.08. The predicted molar refractivity (Wildman–Crippen MR) is 101 cm³/mol. The van der Waals surface area contributed by atoms with Crippen molar-refractivity contribution in [1.29, 1.82) is 0 Å². The molecular weight excluding hydrogens is 336 g/mol. The summed E-state index contributed by atoms with van der Waals surface area (Å²) in [6.07, 6.45) is 1.69. The number of nitrogens with one attached hydrogen (secondary N) is 1. The summed E-state index contributed by atoms with van der Waals surface area (Å²) < 4.78 is 5.88. The molecule has 1 aromatic heterocycles. The van der Waals surface area contributed by atoms with E-state index in [0.29, 0.717) is 29.2 Å². The number of rotatable bonds is 4. The fourth-order valence-corrected chi connectivity index (χ4v) is 3.27. The fraction of sp³-hybridized carbons (Fsp3) is 0.263. The molecule has 2 heterocycles. The number of ether oxygens (including phenoxy) is 1. The molecule has 0 aliphatic carbocycles. The number of carbonyl (C=O) groups is 2. The third-order valence-corrected chi connectivity index (χ3v) is 4.70. The first-order chi connectivity index (χ1) is 11.9. The highest BCUT2D eigenvalue weighted by Gasteiger charge is 2.37. The van der Waals surface area contributed by atoms with Crippen molar-refractivity contribution in [3.8, 4) is 5.75 Å². The van der Waals surface area contributed by atoms with E-state index in [0.717, 1.165) is 0 Å². The van der Waals surface area contributed by atoms with Crippen LogP contribution >= 0.6 is 11.3 Å². The van der Waals surface area contributed by atoms with Gasteiger partial charge in [0.2, 0.25) is 5.91 Å². The Labute approximate surface area is 150 Å². The maximum absolute atomic E-state index is 12.8. The van der Waals surface area contributed by atoms with Crippen LogP contribution in [0, 0.1) is 5.41 Å². The molecule has 130 valence electrons. The number of hydrogen-bond donors (Lipinski definition) is 1. The van der Waals surface area contributed by atoms with Crippen LogP contribution in [-0.4, -0.2) is 25.0 Å². The van der Waals surface area contributed by atoms with Crippen LogP contribution in [0.3, 0.4) is 0 Å². The van der Waals surface area contributed by atoms with Crippen molar-refractivity contribution in [3.63, 3.8) is 0 Å². The molecule has 0 unspecified atom stereocenters. The van der Waals surface area contributed by atoms with E-state index in [9.17, 15) is 9.59 Å². The van der Waals surface area contributed by atoms with Crippen LogP contribution in [0.15, 0.2) is 47.7 Å². The molecule has 1 aliphatic heterocycles. The van der Waals surface area contributed by atoms with Gasteiger partial charge < -0.3 is 15.0 Å². The summed E-state index contributed by atoms with van der Waals surface area (Å²) in [5.41, 5.74) is 1.29. The number of benzene rings is 1. The van der Waals surface area contributed by atoms with Crippen molar-refractivity contribution in [2.24, 2.45) is 5.41 Å². The normalized spacial score (nSPS) is 15.8. The van der Waals surface area contributed by atoms with Crippen LogP contribution in [-0.2, 0) is 4.79 Å². The molecule has 1 N–H and O–H groups in total. The van der Waals surface area contributed by atoms with E-state index in [1.165, 1.54) is 11.3 Å². The molecule has 0 bridgehead atoms. The first-order valence-electron chi connectivity index (χ1n) is 7.95. The molecule has 25 heavy (non-hydrogen) atoms. The molecule has 0 atom stereocenters. The topological polar surface area (TPSA) is 58.6 Å². The van der Waals surface area contributed by atoms with Crippen LogP contribution in [0.4, 0.5) is 11.4 Å². The molecule has 5 nitrogen and oxygen atoms in total. The number of thiophene rings is 1. The first kappa shape index (κ1) is 17.2. The second-order valence-electron chi connectivity index (χ2n) is 6.53. The Morgan fingerprint density at radius 2 is 2.24 bits per heavy atom. The molecule has 2 aromatic rings. The van der Waals surface area contributed by atoms with Crippen molar-refractivity contribution in [3.05, 3.63) is 53.2 Å². The van der Waals surface area contributed by atoms with E-state index in [4.69, 9.17) is 4.74 Å². The van der Waals surface area contributed by atoms with E-state index in [-0.39, 0.29) is 18.4 Å². The minimum absolute atomic E-state index is 0.0128. The minimum Gasteiger partial charge on any atom is -0.490 e. The second-order valence-corrected chi connectivity index (χ2v) is 7.31. The number of fused-ring (bicyclic) bond motifs is 1. The van der Waals surface area contributed by atoms with Crippen LogP contribution < -0.4 is 15.0 Å². The molecule has 1 aliphatic rings. The smallest absolute Gasteiger partial charge is 0.256 e. The highest BCUT2D eigenvalue weighted by atomic mass is 32.1. The molecule has 2 amide bonds. The lowest BCUT2D eigenvalue weighted by atomic mass is 9.93. The number of anilines is 2. The quantitative estimate of drug-likeness (QED) is 0.844. The monoisotopic (exact) mass is 356 g/mol. The van der Waals surface area contributed by atoms with E-state index >= 15 is 0 Å². The van der Waals surface area contributed by atoms with Crippen LogP contribution in [0.5, 0.6) is 5.75 Å². The number of hydrogen-bond acceptors (Lipinski definition) is 4.